The molecule has 29 heavy (non-hydrogen) atoms. The molecule has 10 heteroatoms. The molecule has 3 aromatic rings. The molecule has 0 saturated carbocycles. The Morgan fingerprint density at radius 3 is 2.86 bits per heavy atom. The van der Waals surface area contributed by atoms with Crippen LogP contribution in [0.5, 0.6) is 0 Å². The van der Waals surface area contributed by atoms with Gasteiger partial charge in [0.1, 0.15) is 0 Å². The number of hydrogen-bond donors (Lipinski definition) is 1. The Kier molecular flexibility index (Phi) is 6.30. The smallest absolute Gasteiger partial charge is 0.271 e. The van der Waals surface area contributed by atoms with Gasteiger partial charge in [0.25, 0.3) is 11.2 Å². The molecule has 148 valence electrons. The van der Waals surface area contributed by atoms with Gasteiger partial charge in [-0.15, -0.1) is 6.58 Å². The molecule has 2 aromatic carbocycles. The monoisotopic (exact) mass is 430 g/mol. The Morgan fingerprint density at radius 2 is 2.14 bits per heavy atom. The first-order valence-corrected chi connectivity index (χ1v) is 9.73. The van der Waals surface area contributed by atoms with E-state index in [1.165, 1.54) is 22.8 Å². The molecule has 0 bridgehead atoms. The van der Waals surface area contributed by atoms with Gasteiger partial charge in [0, 0.05) is 29.4 Å². The first-order valence-electron chi connectivity index (χ1n) is 8.37. The quantitative estimate of drug-likeness (QED) is 0.200. The average Bonchev–Trinajstić information content (AvgIpc) is 2.69. The van der Waals surface area contributed by atoms with Crippen molar-refractivity contribution in [2.24, 2.45) is 0 Å². The van der Waals surface area contributed by atoms with E-state index in [1.807, 2.05) is 0 Å². The molecular weight excluding hydrogens is 416 g/mol. The maximum Gasteiger partial charge on any atom is 0.271 e. The second-order valence-electron chi connectivity index (χ2n) is 5.90. The Morgan fingerprint density at radius 1 is 1.34 bits per heavy atom. The number of rotatable bonds is 7. The first-order chi connectivity index (χ1) is 13.9. The number of amides is 1. The molecule has 1 heterocycles. The maximum absolute atomic E-state index is 12.7. The topological polar surface area (TPSA) is 107 Å². The molecular formula is C19H15ClN4O4S. The van der Waals surface area contributed by atoms with E-state index >= 15 is 0 Å². The lowest BCUT2D eigenvalue weighted by Gasteiger charge is -2.11. The SMILES string of the molecule is C=CCn1c(SCC(=O)Nc2cccc([N+](=O)[O-])c2)nc2cc(Cl)ccc2c1=O. The van der Waals surface area contributed by atoms with Gasteiger partial charge in [-0.25, -0.2) is 4.98 Å². The number of benzene rings is 2. The summed E-state index contributed by atoms with van der Waals surface area (Å²) in [6.45, 7) is 3.89. The Bertz CT molecular complexity index is 1180. The van der Waals surface area contributed by atoms with Crippen LogP contribution in [0.25, 0.3) is 10.9 Å². The zero-order valence-electron chi connectivity index (χ0n) is 15.0. The molecule has 3 rings (SSSR count). The van der Waals surface area contributed by atoms with Gasteiger partial charge in [-0.1, -0.05) is 35.5 Å². The summed E-state index contributed by atoms with van der Waals surface area (Å²) < 4.78 is 1.43. The summed E-state index contributed by atoms with van der Waals surface area (Å²) in [5, 5.41) is 14.7. The van der Waals surface area contributed by atoms with Crippen molar-refractivity contribution in [1.29, 1.82) is 0 Å². The highest BCUT2D eigenvalue weighted by atomic mass is 35.5. The van der Waals surface area contributed by atoms with E-state index in [0.717, 1.165) is 11.8 Å². The van der Waals surface area contributed by atoms with Gasteiger partial charge in [0.2, 0.25) is 5.91 Å². The van der Waals surface area contributed by atoms with Crippen LogP contribution in [-0.4, -0.2) is 26.1 Å². The second-order valence-corrected chi connectivity index (χ2v) is 7.28. The number of anilines is 1. The lowest BCUT2D eigenvalue weighted by molar-refractivity contribution is -0.384. The van der Waals surface area contributed by atoms with Crippen LogP contribution >= 0.6 is 23.4 Å². The third-order valence-corrected chi connectivity index (χ3v) is 5.08. The number of nitro benzene ring substituents is 1. The number of nitro groups is 1. The predicted octanol–water partition coefficient (Wildman–Crippen LogP) is 3.87. The summed E-state index contributed by atoms with van der Waals surface area (Å²) in [5.74, 6) is -0.431. The Labute approximate surface area is 174 Å². The number of nitrogens with zero attached hydrogens (tertiary/aromatic N) is 3. The van der Waals surface area contributed by atoms with Crippen molar-refractivity contribution in [2.75, 3.05) is 11.1 Å². The molecule has 1 N–H and O–H groups in total. The van der Waals surface area contributed by atoms with Crippen molar-refractivity contribution < 1.29 is 9.72 Å². The van der Waals surface area contributed by atoms with Crippen LogP contribution in [0, 0.1) is 10.1 Å². The third kappa shape index (κ3) is 4.82. The predicted molar refractivity (Wildman–Crippen MR) is 114 cm³/mol. The highest BCUT2D eigenvalue weighted by Gasteiger charge is 2.14. The van der Waals surface area contributed by atoms with Gasteiger partial charge in [0.15, 0.2) is 5.16 Å². The van der Waals surface area contributed by atoms with E-state index < -0.39 is 4.92 Å². The number of carbonyl (C=O) groups is 1. The van der Waals surface area contributed by atoms with Crippen LogP contribution in [0.4, 0.5) is 11.4 Å². The number of fused-ring (bicyclic) bond motifs is 1. The van der Waals surface area contributed by atoms with Crippen molar-refractivity contribution in [3.63, 3.8) is 0 Å². The van der Waals surface area contributed by atoms with E-state index in [2.05, 4.69) is 16.9 Å². The Balaban J connectivity index is 1.82. The number of thioether (sulfide) groups is 1. The van der Waals surface area contributed by atoms with E-state index in [1.54, 1.807) is 30.3 Å². The molecule has 0 unspecified atom stereocenters. The lowest BCUT2D eigenvalue weighted by atomic mass is 10.2. The molecule has 1 amide bonds. The van der Waals surface area contributed by atoms with Crippen molar-refractivity contribution in [1.82, 2.24) is 9.55 Å². The minimum atomic E-state index is -0.539. The van der Waals surface area contributed by atoms with Crippen molar-refractivity contribution in [3.05, 3.63) is 80.6 Å². The van der Waals surface area contributed by atoms with Gasteiger partial charge < -0.3 is 5.32 Å². The minimum absolute atomic E-state index is 0.0433. The van der Waals surface area contributed by atoms with Crippen molar-refractivity contribution >= 4 is 51.5 Å². The molecule has 0 fully saturated rings. The molecule has 0 aliphatic heterocycles. The second kappa shape index (κ2) is 8.89. The number of nitrogens with one attached hydrogen (secondary N) is 1. The number of non-ortho nitro benzene ring substituents is 1. The van der Waals surface area contributed by atoms with Gasteiger partial charge in [0.05, 0.1) is 21.6 Å². The summed E-state index contributed by atoms with van der Waals surface area (Å²) in [5.41, 5.74) is 0.368. The van der Waals surface area contributed by atoms with E-state index in [-0.39, 0.29) is 29.5 Å². The van der Waals surface area contributed by atoms with Crippen LogP contribution in [-0.2, 0) is 11.3 Å². The highest BCUT2D eigenvalue weighted by Crippen LogP contribution is 2.22. The summed E-state index contributed by atoms with van der Waals surface area (Å²) in [6.07, 6.45) is 1.57. The molecule has 0 aliphatic rings. The Hall–Kier alpha value is -3.17. The molecule has 0 atom stereocenters. The standard InChI is InChI=1S/C19H15ClN4O4S/c1-2-8-23-18(26)15-7-6-12(20)9-16(15)22-19(23)29-11-17(25)21-13-4-3-5-14(10-13)24(27)28/h2-7,9-10H,1,8,11H2,(H,21,25). The van der Waals surface area contributed by atoms with Gasteiger partial charge in [-0.2, -0.15) is 0 Å². The van der Waals surface area contributed by atoms with Crippen LogP contribution in [0.15, 0.2) is 65.1 Å². The van der Waals surface area contributed by atoms with Gasteiger partial charge in [-0.3, -0.25) is 24.3 Å². The van der Waals surface area contributed by atoms with E-state index in [0.29, 0.717) is 26.8 Å². The first kappa shape index (κ1) is 20.6. The minimum Gasteiger partial charge on any atom is -0.325 e. The largest absolute Gasteiger partial charge is 0.325 e. The number of allylic oxidation sites excluding steroid dienone is 1. The van der Waals surface area contributed by atoms with Crippen LogP contribution in [0.2, 0.25) is 5.02 Å². The summed E-state index contributed by atoms with van der Waals surface area (Å²) in [6, 6.07) is 10.5. The molecule has 0 spiro atoms. The molecule has 0 radical (unpaired) electrons. The van der Waals surface area contributed by atoms with Crippen LogP contribution < -0.4 is 10.9 Å². The summed E-state index contributed by atoms with van der Waals surface area (Å²) in [7, 11) is 0. The number of halogens is 1. The number of hydrogen-bond acceptors (Lipinski definition) is 6. The molecule has 0 aliphatic carbocycles. The van der Waals surface area contributed by atoms with Gasteiger partial charge in [-0.05, 0) is 24.3 Å². The third-order valence-electron chi connectivity index (χ3n) is 3.87. The van der Waals surface area contributed by atoms with Crippen molar-refractivity contribution in [2.45, 2.75) is 11.7 Å². The fourth-order valence-electron chi connectivity index (χ4n) is 2.60. The zero-order valence-corrected chi connectivity index (χ0v) is 16.6. The van der Waals surface area contributed by atoms with Gasteiger partial charge >= 0.3 is 0 Å². The molecule has 1 aromatic heterocycles. The van der Waals surface area contributed by atoms with E-state index in [9.17, 15) is 19.7 Å². The average molecular weight is 431 g/mol. The molecule has 0 saturated heterocycles. The lowest BCUT2D eigenvalue weighted by Crippen LogP contribution is -2.23. The van der Waals surface area contributed by atoms with Crippen molar-refractivity contribution in [3.8, 4) is 0 Å². The van der Waals surface area contributed by atoms with E-state index in [4.69, 9.17) is 11.6 Å². The van der Waals surface area contributed by atoms with Crippen LogP contribution in [0.1, 0.15) is 0 Å². The fourth-order valence-corrected chi connectivity index (χ4v) is 3.57. The fraction of sp³-hybridized carbons (Fsp3) is 0.105. The number of carbonyl (C=O) groups excluding carboxylic acids is 1. The molecule has 8 nitrogen and oxygen atoms in total. The maximum atomic E-state index is 12.7. The highest BCUT2D eigenvalue weighted by molar-refractivity contribution is 7.99. The number of aromatic nitrogens is 2. The normalized spacial score (nSPS) is 10.7. The summed E-state index contributed by atoms with van der Waals surface area (Å²) >= 11 is 7.07. The zero-order chi connectivity index (χ0) is 21.0. The van der Waals surface area contributed by atoms with Crippen LogP contribution in [0.3, 0.4) is 0 Å². The summed E-state index contributed by atoms with van der Waals surface area (Å²) in [4.78, 5) is 39.8.